The lowest BCUT2D eigenvalue weighted by molar-refractivity contribution is 0.122. The van der Waals surface area contributed by atoms with Crippen LogP contribution in [0.4, 0.5) is 5.82 Å². The molecule has 9 heteroatoms. The zero-order valence-corrected chi connectivity index (χ0v) is 20.1. The average Bonchev–Trinajstić information content (AvgIpc) is 3.49. The summed E-state index contributed by atoms with van der Waals surface area (Å²) in [5, 5.41) is 5.28. The monoisotopic (exact) mass is 474 g/mol. The topological polar surface area (TPSA) is 78.2 Å². The van der Waals surface area contributed by atoms with Gasteiger partial charge in [-0.05, 0) is 43.7 Å². The number of nitrogens with zero attached hydrogens (tertiary/aromatic N) is 6. The lowest BCUT2D eigenvalue weighted by atomic mass is 10.0. The highest BCUT2D eigenvalue weighted by Crippen LogP contribution is 2.41. The predicted octanol–water partition coefficient (Wildman–Crippen LogP) is 4.48. The molecule has 34 heavy (non-hydrogen) atoms. The van der Waals surface area contributed by atoms with E-state index in [0.29, 0.717) is 6.61 Å². The molecule has 0 atom stereocenters. The smallest absolute Gasteiger partial charge is 0.187 e. The van der Waals surface area contributed by atoms with Crippen LogP contribution < -0.4 is 9.64 Å². The van der Waals surface area contributed by atoms with Gasteiger partial charge in [-0.1, -0.05) is 6.07 Å². The maximum Gasteiger partial charge on any atom is 0.187 e. The lowest BCUT2D eigenvalue weighted by Crippen LogP contribution is -2.36. The third kappa shape index (κ3) is 3.84. The highest BCUT2D eigenvalue weighted by molar-refractivity contribution is 7.15. The minimum atomic E-state index is 0.219. The molecule has 5 heterocycles. The van der Waals surface area contributed by atoms with Gasteiger partial charge in [0.25, 0.3) is 0 Å². The Bertz CT molecular complexity index is 1310. The largest absolute Gasteiger partial charge is 0.493 e. The fourth-order valence-corrected chi connectivity index (χ4v) is 5.46. The van der Waals surface area contributed by atoms with Gasteiger partial charge in [-0.25, -0.2) is 19.6 Å². The molecule has 0 aliphatic carbocycles. The molecule has 6 rings (SSSR count). The van der Waals surface area contributed by atoms with Crippen molar-refractivity contribution in [1.82, 2.24) is 24.7 Å². The van der Waals surface area contributed by atoms with Crippen molar-refractivity contribution in [3.05, 3.63) is 47.7 Å². The molecule has 0 N–H and O–H groups in total. The Hall–Kier alpha value is -3.30. The van der Waals surface area contributed by atoms with Gasteiger partial charge >= 0.3 is 0 Å². The molecule has 1 aromatic carbocycles. The van der Waals surface area contributed by atoms with Gasteiger partial charge < -0.3 is 14.4 Å². The van der Waals surface area contributed by atoms with E-state index in [1.54, 1.807) is 17.7 Å². The molecule has 1 saturated heterocycles. The van der Waals surface area contributed by atoms with Crippen LogP contribution in [0, 0.1) is 0 Å². The summed E-state index contributed by atoms with van der Waals surface area (Å²) in [4.78, 5) is 17.7. The standard InChI is InChI=1S/C25H26N6O2S/c1-16(2)31-24(27-15-28-31)25-29-23-19-13-17(3-5-20(19)33-10-7-21(23)34-25)18-4-6-22(26-14-18)30-8-11-32-12-9-30/h3-6,13-16H,7-12H2,1-2H3. The minimum Gasteiger partial charge on any atom is -0.493 e. The number of morpholine rings is 1. The van der Waals surface area contributed by atoms with E-state index in [-0.39, 0.29) is 6.04 Å². The summed E-state index contributed by atoms with van der Waals surface area (Å²) in [5.41, 5.74) is 4.16. The van der Waals surface area contributed by atoms with Crippen LogP contribution in [0.3, 0.4) is 0 Å². The molecular formula is C25H26N6O2S. The van der Waals surface area contributed by atoms with Crippen molar-refractivity contribution in [2.24, 2.45) is 0 Å². The van der Waals surface area contributed by atoms with Gasteiger partial charge in [-0.15, -0.1) is 11.3 Å². The average molecular weight is 475 g/mol. The Balaban J connectivity index is 1.36. The zero-order valence-electron chi connectivity index (χ0n) is 19.3. The predicted molar refractivity (Wildman–Crippen MR) is 132 cm³/mol. The molecule has 0 bridgehead atoms. The molecule has 4 aromatic rings. The minimum absolute atomic E-state index is 0.219. The van der Waals surface area contributed by atoms with Gasteiger partial charge in [0.1, 0.15) is 17.9 Å². The number of fused-ring (bicyclic) bond motifs is 3. The van der Waals surface area contributed by atoms with Crippen molar-refractivity contribution in [2.45, 2.75) is 26.3 Å². The molecule has 3 aromatic heterocycles. The first-order valence-corrected chi connectivity index (χ1v) is 12.4. The number of hydrogen-bond acceptors (Lipinski definition) is 8. The van der Waals surface area contributed by atoms with Crippen LogP contribution in [-0.4, -0.2) is 57.6 Å². The first-order chi connectivity index (χ1) is 16.7. The summed E-state index contributed by atoms with van der Waals surface area (Å²) >= 11 is 1.68. The quantitative estimate of drug-likeness (QED) is 0.431. The Morgan fingerprint density at radius 1 is 1.00 bits per heavy atom. The van der Waals surface area contributed by atoms with Gasteiger partial charge in [-0.2, -0.15) is 5.10 Å². The van der Waals surface area contributed by atoms with Crippen LogP contribution in [0.5, 0.6) is 5.75 Å². The van der Waals surface area contributed by atoms with E-state index in [0.717, 1.165) is 77.5 Å². The Morgan fingerprint density at radius 3 is 2.65 bits per heavy atom. The molecule has 0 saturated carbocycles. The van der Waals surface area contributed by atoms with Crippen LogP contribution >= 0.6 is 11.3 Å². The van der Waals surface area contributed by atoms with Crippen molar-refractivity contribution in [2.75, 3.05) is 37.8 Å². The van der Waals surface area contributed by atoms with Crippen LogP contribution in [0.25, 0.3) is 33.2 Å². The fourth-order valence-electron chi connectivity index (χ4n) is 4.42. The van der Waals surface area contributed by atoms with Crippen molar-refractivity contribution in [3.8, 4) is 39.0 Å². The Kier molecular flexibility index (Phi) is 5.50. The first-order valence-electron chi connectivity index (χ1n) is 11.6. The van der Waals surface area contributed by atoms with Crippen LogP contribution in [-0.2, 0) is 11.2 Å². The van der Waals surface area contributed by atoms with E-state index >= 15 is 0 Å². The van der Waals surface area contributed by atoms with E-state index in [1.165, 1.54) is 4.88 Å². The second-order valence-electron chi connectivity index (χ2n) is 8.73. The normalized spacial score (nSPS) is 15.6. The van der Waals surface area contributed by atoms with Crippen molar-refractivity contribution in [1.29, 1.82) is 0 Å². The van der Waals surface area contributed by atoms with Gasteiger partial charge in [0, 0.05) is 47.8 Å². The molecule has 2 aliphatic heterocycles. The second-order valence-corrected chi connectivity index (χ2v) is 9.81. The molecule has 174 valence electrons. The van der Waals surface area contributed by atoms with Crippen molar-refractivity contribution in [3.63, 3.8) is 0 Å². The third-order valence-electron chi connectivity index (χ3n) is 6.19. The van der Waals surface area contributed by atoms with Gasteiger partial charge in [0.15, 0.2) is 10.8 Å². The second kappa shape index (κ2) is 8.81. The highest BCUT2D eigenvalue weighted by atomic mass is 32.1. The van der Waals surface area contributed by atoms with E-state index in [9.17, 15) is 0 Å². The molecular weight excluding hydrogens is 448 g/mol. The summed E-state index contributed by atoms with van der Waals surface area (Å²) < 4.78 is 13.4. The fraction of sp³-hybridized carbons (Fsp3) is 0.360. The zero-order chi connectivity index (χ0) is 23.1. The third-order valence-corrected chi connectivity index (χ3v) is 7.30. The van der Waals surface area contributed by atoms with E-state index in [4.69, 9.17) is 19.4 Å². The van der Waals surface area contributed by atoms with Gasteiger partial charge in [-0.3, -0.25) is 0 Å². The number of aromatic nitrogens is 5. The summed E-state index contributed by atoms with van der Waals surface area (Å²) in [6.07, 6.45) is 4.37. The number of pyridine rings is 1. The van der Waals surface area contributed by atoms with Gasteiger partial charge in [0.2, 0.25) is 0 Å². The molecule has 2 aliphatic rings. The Morgan fingerprint density at radius 2 is 1.85 bits per heavy atom. The summed E-state index contributed by atoms with van der Waals surface area (Å²) in [6, 6.07) is 10.8. The van der Waals surface area contributed by atoms with Crippen LogP contribution in [0.2, 0.25) is 0 Å². The number of benzene rings is 1. The summed E-state index contributed by atoms with van der Waals surface area (Å²) in [7, 11) is 0. The number of ether oxygens (including phenoxy) is 2. The van der Waals surface area contributed by atoms with Gasteiger partial charge in [0.05, 0.1) is 25.5 Å². The van der Waals surface area contributed by atoms with Crippen LogP contribution in [0.15, 0.2) is 42.9 Å². The highest BCUT2D eigenvalue weighted by Gasteiger charge is 2.24. The van der Waals surface area contributed by atoms with E-state index in [2.05, 4.69) is 53.1 Å². The Labute approximate surface area is 202 Å². The molecule has 0 amide bonds. The maximum absolute atomic E-state index is 6.07. The molecule has 0 unspecified atom stereocenters. The van der Waals surface area contributed by atoms with E-state index in [1.807, 2.05) is 16.9 Å². The number of thiazole rings is 1. The SMILES string of the molecule is CC(C)n1ncnc1-c1nc2c(s1)CCOc1ccc(-c3ccc(N4CCOCC4)nc3)cc1-2. The summed E-state index contributed by atoms with van der Waals surface area (Å²) in [6.45, 7) is 8.09. The maximum atomic E-state index is 6.07. The number of anilines is 1. The molecule has 0 radical (unpaired) electrons. The molecule has 0 spiro atoms. The number of rotatable bonds is 4. The lowest BCUT2D eigenvalue weighted by Gasteiger charge is -2.27. The van der Waals surface area contributed by atoms with Crippen molar-refractivity contribution >= 4 is 17.2 Å². The summed E-state index contributed by atoms with van der Waals surface area (Å²) in [5.74, 6) is 2.67. The van der Waals surface area contributed by atoms with E-state index < -0.39 is 0 Å². The molecule has 1 fully saturated rings. The molecule has 8 nitrogen and oxygen atoms in total. The van der Waals surface area contributed by atoms with Crippen molar-refractivity contribution < 1.29 is 9.47 Å². The first kappa shape index (κ1) is 21.2. The van der Waals surface area contributed by atoms with Crippen LogP contribution in [0.1, 0.15) is 24.8 Å². The number of hydrogen-bond donors (Lipinski definition) is 0.